The molecule has 0 radical (unpaired) electrons. The maximum atomic E-state index is 11.9. The van der Waals surface area contributed by atoms with E-state index in [2.05, 4.69) is 5.32 Å². The number of aryl methyl sites for hydroxylation is 1. The van der Waals surface area contributed by atoms with Crippen LogP contribution in [0.15, 0.2) is 30.3 Å². The van der Waals surface area contributed by atoms with Crippen molar-refractivity contribution in [2.24, 2.45) is 0 Å². The summed E-state index contributed by atoms with van der Waals surface area (Å²) in [6.07, 6.45) is 0. The van der Waals surface area contributed by atoms with Crippen molar-refractivity contribution < 1.29 is 19.8 Å². The minimum Gasteiger partial charge on any atom is -0.508 e. The van der Waals surface area contributed by atoms with Gasteiger partial charge in [-0.1, -0.05) is 0 Å². The monoisotopic (exact) mass is 277 g/mol. The lowest BCUT2D eigenvalue weighted by Crippen LogP contribution is -2.10. The van der Waals surface area contributed by atoms with E-state index in [0.29, 0.717) is 16.1 Å². The van der Waals surface area contributed by atoms with Crippen LogP contribution in [0.1, 0.15) is 25.6 Å². The summed E-state index contributed by atoms with van der Waals surface area (Å²) in [5.74, 6) is -1.24. The molecule has 0 aliphatic rings. The number of carboxylic acid groups (broad SMARTS) is 1. The number of benzene rings is 1. The molecule has 5 nitrogen and oxygen atoms in total. The summed E-state index contributed by atoms with van der Waals surface area (Å²) in [5.41, 5.74) is 1.01. The first kappa shape index (κ1) is 13.1. The van der Waals surface area contributed by atoms with Gasteiger partial charge in [-0.25, -0.2) is 4.79 Å². The highest BCUT2D eigenvalue weighted by molar-refractivity contribution is 7.18. The smallest absolute Gasteiger partial charge is 0.345 e. The van der Waals surface area contributed by atoms with Crippen molar-refractivity contribution >= 4 is 28.2 Å². The minimum atomic E-state index is -1.02. The Balaban J connectivity index is 2.15. The van der Waals surface area contributed by atoms with Crippen LogP contribution in [0, 0.1) is 6.92 Å². The summed E-state index contributed by atoms with van der Waals surface area (Å²) in [6, 6.07) is 7.49. The Kier molecular flexibility index (Phi) is 3.52. The molecule has 0 aliphatic heterocycles. The lowest BCUT2D eigenvalue weighted by atomic mass is 10.1. The van der Waals surface area contributed by atoms with Gasteiger partial charge in [0.2, 0.25) is 0 Å². The van der Waals surface area contributed by atoms with E-state index in [1.165, 1.54) is 18.2 Å². The standard InChI is InChI=1S/C13H11NO4S/c1-7-6-8(2-3-9(7)15)12(16)14-11-5-4-10(19-11)13(17)18/h2-6,15H,1H3,(H,14,16)(H,17,18). The molecule has 0 atom stereocenters. The Morgan fingerprint density at radius 2 is 1.95 bits per heavy atom. The second kappa shape index (κ2) is 5.11. The van der Waals surface area contributed by atoms with Crippen LogP contribution in [0.4, 0.5) is 5.00 Å². The molecule has 1 aromatic carbocycles. The van der Waals surface area contributed by atoms with Crippen LogP contribution in [0.5, 0.6) is 5.75 Å². The second-order valence-corrected chi connectivity index (χ2v) is 5.01. The maximum absolute atomic E-state index is 11.9. The fourth-order valence-corrected chi connectivity index (χ4v) is 2.24. The molecule has 0 fully saturated rings. The van der Waals surface area contributed by atoms with Crippen LogP contribution in [0.3, 0.4) is 0 Å². The van der Waals surface area contributed by atoms with Crippen LogP contribution >= 0.6 is 11.3 Å². The first-order valence-corrected chi connectivity index (χ1v) is 6.23. The van der Waals surface area contributed by atoms with Gasteiger partial charge in [-0.3, -0.25) is 4.79 Å². The van der Waals surface area contributed by atoms with Gasteiger partial charge < -0.3 is 15.5 Å². The molecule has 6 heteroatoms. The molecule has 0 saturated heterocycles. The number of carbonyl (C=O) groups is 2. The number of anilines is 1. The zero-order valence-corrected chi connectivity index (χ0v) is 10.8. The number of phenols is 1. The lowest BCUT2D eigenvalue weighted by Gasteiger charge is -2.04. The maximum Gasteiger partial charge on any atom is 0.345 e. The van der Waals surface area contributed by atoms with E-state index in [1.54, 1.807) is 19.1 Å². The molecule has 98 valence electrons. The normalized spacial score (nSPS) is 10.2. The van der Waals surface area contributed by atoms with Crippen molar-refractivity contribution in [3.05, 3.63) is 46.3 Å². The predicted molar refractivity (Wildman–Crippen MR) is 72.1 cm³/mol. The molecular weight excluding hydrogens is 266 g/mol. The van der Waals surface area contributed by atoms with Crippen LogP contribution in [0.2, 0.25) is 0 Å². The molecule has 3 N–H and O–H groups in total. The molecule has 0 unspecified atom stereocenters. The topological polar surface area (TPSA) is 86.6 Å². The zero-order chi connectivity index (χ0) is 14.0. The van der Waals surface area contributed by atoms with E-state index in [0.717, 1.165) is 11.3 Å². The Morgan fingerprint density at radius 3 is 2.53 bits per heavy atom. The second-order valence-electron chi connectivity index (χ2n) is 3.92. The Labute approximate surface area is 113 Å². The van der Waals surface area contributed by atoms with Gasteiger partial charge in [0.25, 0.3) is 5.91 Å². The number of phenolic OH excluding ortho intramolecular Hbond substituents is 1. The highest BCUT2D eigenvalue weighted by Crippen LogP contribution is 2.23. The first-order chi connectivity index (χ1) is 8.97. The first-order valence-electron chi connectivity index (χ1n) is 5.41. The molecule has 0 saturated carbocycles. The van der Waals surface area contributed by atoms with Gasteiger partial charge in [-0.05, 0) is 42.8 Å². The number of aromatic carboxylic acids is 1. The molecule has 0 aliphatic carbocycles. The van der Waals surface area contributed by atoms with Crippen LogP contribution in [-0.4, -0.2) is 22.1 Å². The number of carbonyl (C=O) groups excluding carboxylic acids is 1. The Hall–Kier alpha value is -2.34. The average molecular weight is 277 g/mol. The minimum absolute atomic E-state index is 0.126. The van der Waals surface area contributed by atoms with E-state index in [4.69, 9.17) is 5.11 Å². The van der Waals surface area contributed by atoms with E-state index >= 15 is 0 Å². The van der Waals surface area contributed by atoms with Crippen molar-refractivity contribution in [3.63, 3.8) is 0 Å². The summed E-state index contributed by atoms with van der Waals surface area (Å²) in [5, 5.41) is 21.3. The quantitative estimate of drug-likeness (QED) is 0.805. The fourth-order valence-electron chi connectivity index (χ4n) is 1.50. The number of hydrogen-bond donors (Lipinski definition) is 3. The number of amides is 1. The molecule has 2 rings (SSSR count). The molecule has 0 bridgehead atoms. The third-order valence-corrected chi connectivity index (χ3v) is 3.50. The molecule has 1 amide bonds. The van der Waals surface area contributed by atoms with Gasteiger partial charge in [-0.2, -0.15) is 0 Å². The van der Waals surface area contributed by atoms with Gasteiger partial charge in [-0.15, -0.1) is 11.3 Å². The van der Waals surface area contributed by atoms with Gasteiger partial charge >= 0.3 is 5.97 Å². The number of hydrogen-bond acceptors (Lipinski definition) is 4. The molecular formula is C13H11NO4S. The summed E-state index contributed by atoms with van der Waals surface area (Å²) >= 11 is 0.990. The van der Waals surface area contributed by atoms with E-state index < -0.39 is 5.97 Å². The van der Waals surface area contributed by atoms with Crippen molar-refractivity contribution in [3.8, 4) is 5.75 Å². The van der Waals surface area contributed by atoms with Crippen LogP contribution in [0.25, 0.3) is 0 Å². The Bertz CT molecular complexity index is 648. The van der Waals surface area contributed by atoms with Gasteiger partial charge in [0.15, 0.2) is 0 Å². The molecule has 19 heavy (non-hydrogen) atoms. The van der Waals surface area contributed by atoms with Gasteiger partial charge in [0.05, 0.1) is 5.00 Å². The summed E-state index contributed by atoms with van der Waals surface area (Å²) in [4.78, 5) is 22.8. The van der Waals surface area contributed by atoms with Gasteiger partial charge in [0.1, 0.15) is 10.6 Å². The van der Waals surface area contributed by atoms with Gasteiger partial charge in [0, 0.05) is 5.56 Å². The third-order valence-electron chi connectivity index (χ3n) is 2.51. The van der Waals surface area contributed by atoms with Crippen LogP contribution < -0.4 is 5.32 Å². The molecule has 1 aromatic heterocycles. The predicted octanol–water partition coefficient (Wildman–Crippen LogP) is 2.71. The summed E-state index contributed by atoms with van der Waals surface area (Å²) in [6.45, 7) is 1.69. The van der Waals surface area contributed by atoms with E-state index in [1.807, 2.05) is 0 Å². The van der Waals surface area contributed by atoms with Crippen molar-refractivity contribution in [2.45, 2.75) is 6.92 Å². The molecule has 0 spiro atoms. The SMILES string of the molecule is Cc1cc(C(=O)Nc2ccc(C(=O)O)s2)ccc1O. The zero-order valence-electron chi connectivity index (χ0n) is 10.0. The number of carboxylic acids is 1. The van der Waals surface area contributed by atoms with E-state index in [9.17, 15) is 14.7 Å². The highest BCUT2D eigenvalue weighted by atomic mass is 32.1. The van der Waals surface area contributed by atoms with Crippen molar-refractivity contribution in [1.29, 1.82) is 0 Å². The van der Waals surface area contributed by atoms with Crippen molar-refractivity contribution in [2.75, 3.05) is 5.32 Å². The van der Waals surface area contributed by atoms with Crippen molar-refractivity contribution in [1.82, 2.24) is 0 Å². The fraction of sp³-hybridized carbons (Fsp3) is 0.0769. The highest BCUT2D eigenvalue weighted by Gasteiger charge is 2.11. The summed E-state index contributed by atoms with van der Waals surface area (Å²) in [7, 11) is 0. The number of rotatable bonds is 3. The summed E-state index contributed by atoms with van der Waals surface area (Å²) < 4.78 is 0. The molecule has 2 aromatic rings. The number of nitrogens with one attached hydrogen (secondary N) is 1. The third kappa shape index (κ3) is 2.92. The lowest BCUT2D eigenvalue weighted by molar-refractivity contribution is 0.0702. The number of aromatic hydroxyl groups is 1. The Morgan fingerprint density at radius 1 is 1.21 bits per heavy atom. The molecule has 1 heterocycles. The van der Waals surface area contributed by atoms with E-state index in [-0.39, 0.29) is 16.5 Å². The number of thiophene rings is 1. The largest absolute Gasteiger partial charge is 0.508 e. The average Bonchev–Trinajstić information content (AvgIpc) is 2.81. The van der Waals surface area contributed by atoms with Crippen LogP contribution in [-0.2, 0) is 0 Å².